The van der Waals surface area contributed by atoms with Crippen molar-refractivity contribution in [1.82, 2.24) is 10.6 Å². The maximum Gasteiger partial charge on any atom is 0.337 e. The first-order valence-electron chi connectivity index (χ1n) is 7.49. The van der Waals surface area contributed by atoms with Crippen LogP contribution in [0, 0.1) is 16.7 Å². The quantitative estimate of drug-likeness (QED) is 0.629. The lowest BCUT2D eigenvalue weighted by atomic mass is 9.68. The van der Waals surface area contributed by atoms with Gasteiger partial charge in [0.15, 0.2) is 5.60 Å². The van der Waals surface area contributed by atoms with E-state index in [2.05, 4.69) is 31.4 Å². The molecule has 120 valence electrons. The molecule has 2 saturated carbocycles. The van der Waals surface area contributed by atoms with E-state index in [1.54, 1.807) is 0 Å². The summed E-state index contributed by atoms with van der Waals surface area (Å²) in [6.45, 7) is 7.42. The van der Waals surface area contributed by atoms with E-state index in [9.17, 15) is 14.7 Å². The largest absolute Gasteiger partial charge is 0.479 e. The molecule has 0 aromatic rings. The van der Waals surface area contributed by atoms with E-state index >= 15 is 0 Å². The highest BCUT2D eigenvalue weighted by Crippen LogP contribution is 2.62. The van der Waals surface area contributed by atoms with E-state index in [0.717, 1.165) is 12.8 Å². The molecule has 6 heteroatoms. The highest BCUT2D eigenvalue weighted by atomic mass is 16.4. The molecule has 0 aromatic carbocycles. The molecular weight excluding hydrogens is 272 g/mol. The Hall–Kier alpha value is -1.30. The van der Waals surface area contributed by atoms with Gasteiger partial charge < -0.3 is 20.8 Å². The average Bonchev–Trinajstić information content (AvgIpc) is 2.83. The SMILES string of the molecule is CC(O)(CNC(=O)NC1C2(C)CCC(C2)C1(C)C)C(=O)O. The number of carbonyl (C=O) groups is 2. The van der Waals surface area contributed by atoms with Gasteiger partial charge in [0, 0.05) is 6.04 Å². The van der Waals surface area contributed by atoms with Gasteiger partial charge in [-0.25, -0.2) is 9.59 Å². The minimum atomic E-state index is -1.95. The lowest BCUT2D eigenvalue weighted by Crippen LogP contribution is -2.57. The summed E-state index contributed by atoms with van der Waals surface area (Å²) >= 11 is 0. The Balaban J connectivity index is 1.96. The summed E-state index contributed by atoms with van der Waals surface area (Å²) in [4.78, 5) is 22.9. The minimum Gasteiger partial charge on any atom is -0.479 e. The number of aliphatic carboxylic acids is 1. The van der Waals surface area contributed by atoms with Crippen LogP contribution in [-0.2, 0) is 4.79 Å². The zero-order valence-electron chi connectivity index (χ0n) is 13.2. The molecule has 0 aromatic heterocycles. The molecule has 2 aliphatic carbocycles. The van der Waals surface area contributed by atoms with Crippen LogP contribution in [0.15, 0.2) is 0 Å². The molecule has 0 spiro atoms. The van der Waals surface area contributed by atoms with Gasteiger partial charge in [0.05, 0.1) is 6.54 Å². The van der Waals surface area contributed by atoms with Crippen molar-refractivity contribution in [3.63, 3.8) is 0 Å². The third kappa shape index (κ3) is 2.73. The Morgan fingerprint density at radius 1 is 1.33 bits per heavy atom. The predicted octanol–water partition coefficient (Wildman–Crippen LogP) is 1.34. The maximum absolute atomic E-state index is 12.0. The standard InChI is InChI=1S/C15H26N2O4/c1-13(2)9-5-6-14(3,7-9)10(13)17-12(20)16-8-15(4,21)11(18)19/h9-10,21H,5-8H2,1-4H3,(H,18,19)(H2,16,17,20). The van der Waals surface area contributed by atoms with Crippen LogP contribution in [-0.4, -0.2) is 40.4 Å². The summed E-state index contributed by atoms with van der Waals surface area (Å²) in [5.74, 6) is -0.732. The Morgan fingerprint density at radius 3 is 2.43 bits per heavy atom. The molecule has 0 radical (unpaired) electrons. The summed E-state index contributed by atoms with van der Waals surface area (Å²) in [6, 6.07) is -0.345. The molecule has 4 N–H and O–H groups in total. The molecule has 6 nitrogen and oxygen atoms in total. The summed E-state index contributed by atoms with van der Waals surface area (Å²) in [5.41, 5.74) is -1.80. The van der Waals surface area contributed by atoms with Crippen molar-refractivity contribution in [1.29, 1.82) is 0 Å². The number of nitrogens with one attached hydrogen (secondary N) is 2. The number of amides is 2. The van der Waals surface area contributed by atoms with Crippen LogP contribution in [0.25, 0.3) is 0 Å². The van der Waals surface area contributed by atoms with Crippen molar-refractivity contribution in [3.05, 3.63) is 0 Å². The van der Waals surface area contributed by atoms with Crippen LogP contribution in [0.3, 0.4) is 0 Å². The van der Waals surface area contributed by atoms with E-state index in [-0.39, 0.29) is 23.4 Å². The monoisotopic (exact) mass is 298 g/mol. The maximum atomic E-state index is 12.0. The molecule has 2 amide bonds. The number of aliphatic hydroxyl groups is 1. The number of fused-ring (bicyclic) bond motifs is 2. The lowest BCUT2D eigenvalue weighted by Gasteiger charge is -2.43. The fourth-order valence-electron chi connectivity index (χ4n) is 4.17. The van der Waals surface area contributed by atoms with E-state index in [1.807, 2.05) is 0 Å². The zero-order valence-corrected chi connectivity index (χ0v) is 13.2. The summed E-state index contributed by atoms with van der Waals surface area (Å²) in [7, 11) is 0. The summed E-state index contributed by atoms with van der Waals surface area (Å²) < 4.78 is 0. The summed E-state index contributed by atoms with van der Waals surface area (Å²) in [6.07, 6.45) is 3.44. The van der Waals surface area contributed by atoms with E-state index in [0.29, 0.717) is 5.92 Å². The molecule has 2 aliphatic rings. The number of hydrogen-bond acceptors (Lipinski definition) is 3. The van der Waals surface area contributed by atoms with E-state index in [1.165, 1.54) is 13.3 Å². The smallest absolute Gasteiger partial charge is 0.337 e. The number of hydrogen-bond donors (Lipinski definition) is 4. The molecule has 0 heterocycles. The first-order valence-corrected chi connectivity index (χ1v) is 7.49. The molecule has 2 bridgehead atoms. The third-order valence-corrected chi connectivity index (χ3v) is 5.60. The molecule has 2 rings (SSSR count). The van der Waals surface area contributed by atoms with Gasteiger partial charge in [-0.05, 0) is 42.9 Å². The fourth-order valence-corrected chi connectivity index (χ4v) is 4.17. The van der Waals surface area contributed by atoms with Gasteiger partial charge in [0.1, 0.15) is 0 Å². The number of carboxylic acid groups (broad SMARTS) is 1. The topological polar surface area (TPSA) is 98.7 Å². The van der Waals surface area contributed by atoms with Gasteiger partial charge >= 0.3 is 12.0 Å². The highest BCUT2D eigenvalue weighted by Gasteiger charge is 2.59. The predicted molar refractivity (Wildman–Crippen MR) is 77.8 cm³/mol. The van der Waals surface area contributed by atoms with Crippen LogP contribution in [0.1, 0.15) is 47.0 Å². The Morgan fingerprint density at radius 2 is 1.95 bits per heavy atom. The highest BCUT2D eigenvalue weighted by molar-refractivity contribution is 5.79. The Kier molecular flexibility index (Phi) is 3.72. The first kappa shape index (κ1) is 16.1. The molecule has 0 saturated heterocycles. The van der Waals surface area contributed by atoms with E-state index < -0.39 is 17.6 Å². The van der Waals surface area contributed by atoms with Gasteiger partial charge in [0.25, 0.3) is 0 Å². The number of rotatable bonds is 4. The van der Waals surface area contributed by atoms with Crippen LogP contribution >= 0.6 is 0 Å². The fraction of sp³-hybridized carbons (Fsp3) is 0.867. The molecule has 21 heavy (non-hydrogen) atoms. The normalized spacial score (nSPS) is 36.0. The van der Waals surface area contributed by atoms with Crippen molar-refractivity contribution in [3.8, 4) is 0 Å². The third-order valence-electron chi connectivity index (χ3n) is 5.60. The molecule has 4 atom stereocenters. The van der Waals surface area contributed by atoms with Gasteiger partial charge in [-0.2, -0.15) is 0 Å². The number of urea groups is 1. The van der Waals surface area contributed by atoms with Gasteiger partial charge in [-0.15, -0.1) is 0 Å². The van der Waals surface area contributed by atoms with Crippen LogP contribution in [0.4, 0.5) is 4.79 Å². The van der Waals surface area contributed by atoms with Crippen molar-refractivity contribution in [2.75, 3.05) is 6.54 Å². The van der Waals surface area contributed by atoms with Crippen LogP contribution in [0.2, 0.25) is 0 Å². The summed E-state index contributed by atoms with van der Waals surface area (Å²) in [5, 5.41) is 23.9. The van der Waals surface area contributed by atoms with Gasteiger partial charge in [0.2, 0.25) is 0 Å². The molecule has 0 aliphatic heterocycles. The van der Waals surface area contributed by atoms with Crippen LogP contribution < -0.4 is 10.6 Å². The van der Waals surface area contributed by atoms with E-state index in [4.69, 9.17) is 5.11 Å². The minimum absolute atomic E-state index is 0.0413. The second kappa shape index (κ2) is 4.87. The Labute approximate surface area is 125 Å². The second-order valence-electron chi connectivity index (χ2n) is 7.75. The average molecular weight is 298 g/mol. The molecule has 2 fully saturated rings. The number of carboxylic acids is 1. The molecular formula is C15H26N2O4. The van der Waals surface area contributed by atoms with Gasteiger partial charge in [-0.1, -0.05) is 20.8 Å². The first-order chi connectivity index (χ1) is 9.49. The van der Waals surface area contributed by atoms with Crippen LogP contribution in [0.5, 0.6) is 0 Å². The molecule has 4 unspecified atom stereocenters. The Bertz CT molecular complexity index is 456. The van der Waals surface area contributed by atoms with Crippen molar-refractivity contribution < 1.29 is 19.8 Å². The van der Waals surface area contributed by atoms with Gasteiger partial charge in [-0.3, -0.25) is 0 Å². The van der Waals surface area contributed by atoms with Crippen molar-refractivity contribution >= 4 is 12.0 Å². The van der Waals surface area contributed by atoms with Crippen molar-refractivity contribution in [2.24, 2.45) is 16.7 Å². The second-order valence-corrected chi connectivity index (χ2v) is 7.75. The lowest BCUT2D eigenvalue weighted by molar-refractivity contribution is -0.155. The van der Waals surface area contributed by atoms with Crippen molar-refractivity contribution in [2.45, 2.75) is 58.6 Å². The zero-order chi connectivity index (χ0) is 16.1. The number of carbonyl (C=O) groups excluding carboxylic acids is 1.